The predicted molar refractivity (Wildman–Crippen MR) is 91.5 cm³/mol. The number of unbranched alkanes of at least 4 members (excludes halogenated alkanes) is 1. The molecule has 0 aliphatic heterocycles. The van der Waals surface area contributed by atoms with Gasteiger partial charge < -0.3 is 15.4 Å². The summed E-state index contributed by atoms with van der Waals surface area (Å²) in [5.74, 6) is 1.73. The number of para-hydroxylation sites is 1. The first-order valence-corrected chi connectivity index (χ1v) is 6.38. The second-order valence-corrected chi connectivity index (χ2v) is 4.02. The molecule has 0 bridgehead atoms. The van der Waals surface area contributed by atoms with Gasteiger partial charge in [0.15, 0.2) is 5.96 Å². The smallest absolute Gasteiger partial charge is 0.191 e. The monoisotopic (exact) mass is 377 g/mol. The molecule has 2 N–H and O–H groups in total. The van der Waals surface area contributed by atoms with Crippen molar-refractivity contribution in [2.45, 2.75) is 26.3 Å². The Morgan fingerprint density at radius 3 is 2.63 bits per heavy atom. The molecule has 0 spiro atoms. The van der Waals surface area contributed by atoms with Gasteiger partial charge in [-0.05, 0) is 12.5 Å². The number of nitrogens with one attached hydrogen (secondary N) is 2. The Hall–Kier alpha value is -0.980. The number of hydrogen-bond donors (Lipinski definition) is 2. The first kappa shape index (κ1) is 18.0. The highest BCUT2D eigenvalue weighted by Gasteiger charge is 2.02. The van der Waals surface area contributed by atoms with Gasteiger partial charge in [0.25, 0.3) is 0 Å². The van der Waals surface area contributed by atoms with Crippen LogP contribution in [0.1, 0.15) is 25.3 Å². The zero-order valence-corrected chi connectivity index (χ0v) is 14.2. The van der Waals surface area contributed by atoms with Crippen LogP contribution in [0.4, 0.5) is 0 Å². The fourth-order valence-electron chi connectivity index (χ4n) is 1.63. The van der Waals surface area contributed by atoms with Crippen LogP contribution in [-0.2, 0) is 6.54 Å². The van der Waals surface area contributed by atoms with Crippen LogP contribution in [0.3, 0.4) is 0 Å². The van der Waals surface area contributed by atoms with E-state index in [4.69, 9.17) is 4.74 Å². The second kappa shape index (κ2) is 10.9. The maximum Gasteiger partial charge on any atom is 0.191 e. The molecule has 4 nitrogen and oxygen atoms in total. The maximum atomic E-state index is 5.31. The van der Waals surface area contributed by atoms with E-state index < -0.39 is 0 Å². The Labute approximate surface area is 133 Å². The topological polar surface area (TPSA) is 45.7 Å². The van der Waals surface area contributed by atoms with Crippen molar-refractivity contribution in [3.8, 4) is 5.75 Å². The summed E-state index contributed by atoms with van der Waals surface area (Å²) in [5.41, 5.74) is 1.12. The number of nitrogens with zero attached hydrogens (tertiary/aromatic N) is 1. The lowest BCUT2D eigenvalue weighted by Crippen LogP contribution is -2.37. The average molecular weight is 377 g/mol. The number of rotatable bonds is 6. The van der Waals surface area contributed by atoms with Gasteiger partial charge in [-0.15, -0.1) is 24.0 Å². The molecule has 0 radical (unpaired) electrons. The Balaban J connectivity index is 0.00000324. The number of guanidine groups is 1. The highest BCUT2D eigenvalue weighted by Crippen LogP contribution is 2.16. The zero-order chi connectivity index (χ0) is 13.2. The lowest BCUT2D eigenvalue weighted by atomic mass is 10.2. The first-order valence-electron chi connectivity index (χ1n) is 6.38. The molecule has 0 fully saturated rings. The van der Waals surface area contributed by atoms with E-state index in [0.29, 0.717) is 6.54 Å². The highest BCUT2D eigenvalue weighted by molar-refractivity contribution is 14.0. The first-order chi connectivity index (χ1) is 8.81. The molecule has 0 aromatic heterocycles. The Kier molecular flexibility index (Phi) is 10.3. The summed E-state index contributed by atoms with van der Waals surface area (Å²) in [4.78, 5) is 4.18. The molecule has 1 aromatic carbocycles. The van der Waals surface area contributed by atoms with Crippen molar-refractivity contribution >= 4 is 29.9 Å². The van der Waals surface area contributed by atoms with Crippen LogP contribution in [0.15, 0.2) is 29.3 Å². The molecular formula is C14H24IN3O. The molecule has 108 valence electrons. The van der Waals surface area contributed by atoms with Crippen molar-refractivity contribution in [2.75, 3.05) is 20.7 Å². The van der Waals surface area contributed by atoms with Gasteiger partial charge in [-0.2, -0.15) is 0 Å². The lowest BCUT2D eigenvalue weighted by Gasteiger charge is -2.13. The summed E-state index contributed by atoms with van der Waals surface area (Å²) in [6.45, 7) is 3.82. The molecule has 0 saturated carbocycles. The molecule has 0 atom stereocenters. The summed E-state index contributed by atoms with van der Waals surface area (Å²) in [6, 6.07) is 7.99. The van der Waals surface area contributed by atoms with E-state index in [1.54, 1.807) is 14.2 Å². The number of methoxy groups -OCH3 is 1. The third-order valence-corrected chi connectivity index (χ3v) is 2.69. The van der Waals surface area contributed by atoms with E-state index in [0.717, 1.165) is 30.2 Å². The lowest BCUT2D eigenvalue weighted by molar-refractivity contribution is 0.409. The largest absolute Gasteiger partial charge is 0.496 e. The van der Waals surface area contributed by atoms with Crippen LogP contribution in [0.5, 0.6) is 5.75 Å². The minimum atomic E-state index is 0. The molecule has 1 rings (SSSR count). The van der Waals surface area contributed by atoms with Gasteiger partial charge in [-0.1, -0.05) is 31.5 Å². The molecule has 0 saturated heterocycles. The van der Waals surface area contributed by atoms with Crippen LogP contribution >= 0.6 is 24.0 Å². The molecular weight excluding hydrogens is 353 g/mol. The predicted octanol–water partition coefficient (Wildman–Crippen LogP) is 2.78. The zero-order valence-electron chi connectivity index (χ0n) is 11.9. The second-order valence-electron chi connectivity index (χ2n) is 4.02. The van der Waals surface area contributed by atoms with Gasteiger partial charge in [-0.3, -0.25) is 4.99 Å². The SMILES string of the molecule is CCCCNC(=NC)NCc1ccccc1OC.I. The number of halogens is 1. The standard InChI is InChI=1S/C14H23N3O.HI/c1-4-5-10-16-14(15-2)17-11-12-8-6-7-9-13(12)18-3;/h6-9H,4-5,10-11H2,1-3H3,(H2,15,16,17);1H. The van der Waals surface area contributed by atoms with Crippen molar-refractivity contribution in [2.24, 2.45) is 4.99 Å². The highest BCUT2D eigenvalue weighted by atomic mass is 127. The van der Waals surface area contributed by atoms with Gasteiger partial charge in [0, 0.05) is 25.7 Å². The maximum absolute atomic E-state index is 5.31. The van der Waals surface area contributed by atoms with E-state index in [2.05, 4.69) is 22.5 Å². The molecule has 19 heavy (non-hydrogen) atoms. The quantitative estimate of drug-likeness (QED) is 0.347. The van der Waals surface area contributed by atoms with Crippen LogP contribution < -0.4 is 15.4 Å². The van der Waals surface area contributed by atoms with E-state index in [1.807, 2.05) is 24.3 Å². The van der Waals surface area contributed by atoms with Gasteiger partial charge in [0.1, 0.15) is 5.75 Å². The Bertz CT molecular complexity index is 383. The van der Waals surface area contributed by atoms with Crippen molar-refractivity contribution in [3.05, 3.63) is 29.8 Å². The van der Waals surface area contributed by atoms with E-state index in [-0.39, 0.29) is 24.0 Å². The number of hydrogen-bond acceptors (Lipinski definition) is 2. The molecule has 0 heterocycles. The molecule has 0 unspecified atom stereocenters. The average Bonchev–Trinajstić information content (AvgIpc) is 2.43. The van der Waals surface area contributed by atoms with Gasteiger partial charge in [-0.25, -0.2) is 0 Å². The summed E-state index contributed by atoms with van der Waals surface area (Å²) in [7, 11) is 3.47. The third-order valence-electron chi connectivity index (χ3n) is 2.69. The fraction of sp³-hybridized carbons (Fsp3) is 0.500. The van der Waals surface area contributed by atoms with Crippen molar-refractivity contribution in [1.29, 1.82) is 0 Å². The minimum Gasteiger partial charge on any atom is -0.496 e. The van der Waals surface area contributed by atoms with Crippen LogP contribution in [-0.4, -0.2) is 26.7 Å². The van der Waals surface area contributed by atoms with Gasteiger partial charge >= 0.3 is 0 Å². The third kappa shape index (κ3) is 6.66. The van der Waals surface area contributed by atoms with Crippen LogP contribution in [0, 0.1) is 0 Å². The van der Waals surface area contributed by atoms with Crippen LogP contribution in [0.25, 0.3) is 0 Å². The van der Waals surface area contributed by atoms with Crippen LogP contribution in [0.2, 0.25) is 0 Å². The van der Waals surface area contributed by atoms with Crippen molar-refractivity contribution in [3.63, 3.8) is 0 Å². The summed E-state index contributed by atoms with van der Waals surface area (Å²) in [6.07, 6.45) is 2.33. The summed E-state index contributed by atoms with van der Waals surface area (Å²) in [5, 5.41) is 6.55. The summed E-state index contributed by atoms with van der Waals surface area (Å²) >= 11 is 0. The molecule has 0 aliphatic carbocycles. The number of aliphatic imine (C=N–C) groups is 1. The summed E-state index contributed by atoms with van der Waals surface area (Å²) < 4.78 is 5.31. The van der Waals surface area contributed by atoms with Crippen molar-refractivity contribution < 1.29 is 4.74 Å². The van der Waals surface area contributed by atoms with E-state index in [1.165, 1.54) is 6.42 Å². The van der Waals surface area contributed by atoms with Gasteiger partial charge in [0.05, 0.1) is 7.11 Å². The van der Waals surface area contributed by atoms with Crippen molar-refractivity contribution in [1.82, 2.24) is 10.6 Å². The fourth-order valence-corrected chi connectivity index (χ4v) is 1.63. The number of ether oxygens (including phenoxy) is 1. The van der Waals surface area contributed by atoms with E-state index in [9.17, 15) is 0 Å². The molecule has 5 heteroatoms. The van der Waals surface area contributed by atoms with Gasteiger partial charge in [0.2, 0.25) is 0 Å². The van der Waals surface area contributed by atoms with E-state index >= 15 is 0 Å². The Morgan fingerprint density at radius 2 is 2.00 bits per heavy atom. The number of benzene rings is 1. The molecule has 0 amide bonds. The molecule has 1 aromatic rings. The molecule has 0 aliphatic rings. The Morgan fingerprint density at radius 1 is 1.26 bits per heavy atom. The normalized spacial score (nSPS) is 10.6. The minimum absolute atomic E-state index is 0.